The molecule has 1 amide bonds. The number of halogens is 1. The molecule has 2 N–H and O–H groups in total. The molecule has 0 aliphatic heterocycles. The number of ether oxygens (including phenoxy) is 2. The van der Waals surface area contributed by atoms with Gasteiger partial charge in [0.25, 0.3) is 15.9 Å². The summed E-state index contributed by atoms with van der Waals surface area (Å²) in [4.78, 5) is 11.0. The topological polar surface area (TPSA) is 93.7 Å². The maximum absolute atomic E-state index is 14.2. The first-order valence-corrected chi connectivity index (χ1v) is 8.57. The van der Waals surface area contributed by atoms with Crippen molar-refractivity contribution in [3.8, 4) is 11.5 Å². The van der Waals surface area contributed by atoms with Crippen LogP contribution in [0.4, 0.5) is 10.1 Å². The van der Waals surface area contributed by atoms with Crippen LogP contribution in [0.25, 0.3) is 0 Å². The Hall–Kier alpha value is -2.81. The lowest BCUT2D eigenvalue weighted by atomic mass is 10.2. The Morgan fingerprint density at radius 2 is 1.72 bits per heavy atom. The van der Waals surface area contributed by atoms with Gasteiger partial charge in [0, 0.05) is 30.4 Å². The van der Waals surface area contributed by atoms with Crippen LogP contribution in [0.1, 0.15) is 10.4 Å². The number of hydrogen-bond donors (Lipinski definition) is 2. The predicted octanol–water partition coefficient (Wildman–Crippen LogP) is 2.00. The monoisotopic (exact) mass is 368 g/mol. The Labute approximate surface area is 144 Å². The van der Waals surface area contributed by atoms with Gasteiger partial charge in [-0.05, 0) is 18.2 Å². The summed E-state index contributed by atoms with van der Waals surface area (Å²) in [5.41, 5.74) is 0.380. The van der Waals surface area contributed by atoms with Crippen LogP contribution in [-0.4, -0.2) is 35.6 Å². The van der Waals surface area contributed by atoms with Crippen molar-refractivity contribution in [3.05, 3.63) is 47.8 Å². The number of methoxy groups -OCH3 is 2. The van der Waals surface area contributed by atoms with Crippen LogP contribution in [0.2, 0.25) is 0 Å². The molecule has 9 heteroatoms. The summed E-state index contributed by atoms with van der Waals surface area (Å²) in [5.74, 6) is -1.23. The molecule has 7 nitrogen and oxygen atoms in total. The van der Waals surface area contributed by atoms with E-state index in [9.17, 15) is 17.6 Å². The number of carbonyl (C=O) groups excluding carboxylic acids is 1. The fourth-order valence-electron chi connectivity index (χ4n) is 2.12. The molecule has 2 rings (SSSR count). The van der Waals surface area contributed by atoms with Crippen molar-refractivity contribution in [1.82, 2.24) is 5.32 Å². The Kier molecular flexibility index (Phi) is 5.48. The van der Waals surface area contributed by atoms with E-state index in [1.165, 1.54) is 45.5 Å². The zero-order chi connectivity index (χ0) is 18.6. The van der Waals surface area contributed by atoms with Gasteiger partial charge in [0.2, 0.25) is 0 Å². The normalized spacial score (nSPS) is 10.9. The molecule has 0 heterocycles. The molecule has 25 heavy (non-hydrogen) atoms. The molecule has 0 saturated carbocycles. The highest BCUT2D eigenvalue weighted by molar-refractivity contribution is 7.92. The highest BCUT2D eigenvalue weighted by Gasteiger charge is 2.23. The first kappa shape index (κ1) is 18.5. The zero-order valence-corrected chi connectivity index (χ0v) is 14.6. The molecular formula is C16H17FN2O5S. The third-order valence-electron chi connectivity index (χ3n) is 3.33. The Bertz CT molecular complexity index is 899. The molecule has 0 fully saturated rings. The molecule has 0 unspecified atom stereocenters. The van der Waals surface area contributed by atoms with Gasteiger partial charge < -0.3 is 14.8 Å². The number of anilines is 1. The fraction of sp³-hybridized carbons (Fsp3) is 0.188. The van der Waals surface area contributed by atoms with Gasteiger partial charge in [-0.25, -0.2) is 12.8 Å². The van der Waals surface area contributed by atoms with Gasteiger partial charge in [0.05, 0.1) is 14.2 Å². The van der Waals surface area contributed by atoms with E-state index >= 15 is 0 Å². The molecule has 0 spiro atoms. The largest absolute Gasteiger partial charge is 0.493 e. The summed E-state index contributed by atoms with van der Waals surface area (Å²) < 4.78 is 51.4. The van der Waals surface area contributed by atoms with Gasteiger partial charge in [-0.2, -0.15) is 0 Å². The van der Waals surface area contributed by atoms with Gasteiger partial charge in [-0.15, -0.1) is 0 Å². The smallest absolute Gasteiger partial charge is 0.264 e. The van der Waals surface area contributed by atoms with Crippen LogP contribution < -0.4 is 19.5 Å². The van der Waals surface area contributed by atoms with Crippen LogP contribution in [0.3, 0.4) is 0 Å². The van der Waals surface area contributed by atoms with Crippen molar-refractivity contribution >= 4 is 21.6 Å². The second-order valence-corrected chi connectivity index (χ2v) is 6.55. The second-order valence-electron chi connectivity index (χ2n) is 4.90. The summed E-state index contributed by atoms with van der Waals surface area (Å²) in [6, 6.07) is 7.77. The van der Waals surface area contributed by atoms with Gasteiger partial charge in [-0.1, -0.05) is 6.07 Å². The Morgan fingerprint density at radius 3 is 2.32 bits per heavy atom. The third kappa shape index (κ3) is 4.00. The third-order valence-corrected chi connectivity index (χ3v) is 4.73. The number of carbonyl (C=O) groups is 1. The van der Waals surface area contributed by atoms with Crippen LogP contribution in [-0.2, 0) is 10.0 Å². The number of sulfonamides is 1. The molecule has 2 aromatic rings. The Balaban J connectivity index is 2.42. The Morgan fingerprint density at radius 1 is 1.08 bits per heavy atom. The van der Waals surface area contributed by atoms with Crippen molar-refractivity contribution in [2.75, 3.05) is 26.0 Å². The van der Waals surface area contributed by atoms with Crippen molar-refractivity contribution in [3.63, 3.8) is 0 Å². The van der Waals surface area contributed by atoms with Gasteiger partial charge >= 0.3 is 0 Å². The average Bonchev–Trinajstić information content (AvgIpc) is 2.60. The van der Waals surface area contributed by atoms with Crippen LogP contribution in [0.5, 0.6) is 11.5 Å². The average molecular weight is 368 g/mol. The van der Waals surface area contributed by atoms with Crippen molar-refractivity contribution in [2.45, 2.75) is 4.90 Å². The number of hydrogen-bond acceptors (Lipinski definition) is 5. The number of amides is 1. The first-order chi connectivity index (χ1) is 11.8. The molecule has 0 radical (unpaired) electrons. The first-order valence-electron chi connectivity index (χ1n) is 7.09. The quantitative estimate of drug-likeness (QED) is 0.813. The lowest BCUT2D eigenvalue weighted by Gasteiger charge is -2.13. The standard InChI is InChI=1S/C16H17FN2O5S/c1-18-16(20)10-5-4-6-11(7-10)19-25(21,22)15-9-14(24-3)13(23-2)8-12(15)17/h4-9,19H,1-3H3,(H,18,20). The number of rotatable bonds is 6. The fourth-order valence-corrected chi connectivity index (χ4v) is 3.24. The van der Waals surface area contributed by atoms with Crippen molar-refractivity contribution in [1.29, 1.82) is 0 Å². The van der Waals surface area contributed by atoms with Crippen LogP contribution in [0, 0.1) is 5.82 Å². The summed E-state index contributed by atoms with van der Waals surface area (Å²) in [7, 11) is -0.161. The lowest BCUT2D eigenvalue weighted by molar-refractivity contribution is 0.0963. The highest BCUT2D eigenvalue weighted by Crippen LogP contribution is 2.32. The van der Waals surface area contributed by atoms with Crippen LogP contribution in [0.15, 0.2) is 41.3 Å². The van der Waals surface area contributed by atoms with E-state index in [1.54, 1.807) is 0 Å². The van der Waals surface area contributed by atoms with E-state index in [-0.39, 0.29) is 28.7 Å². The molecule has 0 aliphatic carbocycles. The molecule has 0 saturated heterocycles. The van der Waals surface area contributed by atoms with E-state index in [0.29, 0.717) is 0 Å². The molecule has 0 aromatic heterocycles. The number of nitrogens with one attached hydrogen (secondary N) is 2. The number of benzene rings is 2. The van der Waals surface area contributed by atoms with E-state index < -0.39 is 20.7 Å². The molecule has 2 aromatic carbocycles. The minimum Gasteiger partial charge on any atom is -0.493 e. The SMILES string of the molecule is CNC(=O)c1cccc(NS(=O)(=O)c2cc(OC)c(OC)cc2F)c1. The minimum absolute atomic E-state index is 0.0700. The molecule has 134 valence electrons. The van der Waals surface area contributed by atoms with Gasteiger partial charge in [0.15, 0.2) is 11.5 Å². The van der Waals surface area contributed by atoms with E-state index in [2.05, 4.69) is 10.0 Å². The molecule has 0 atom stereocenters. The summed E-state index contributed by atoms with van der Waals surface area (Å²) in [6.45, 7) is 0. The molecule has 0 bridgehead atoms. The molecule has 0 aliphatic rings. The van der Waals surface area contributed by atoms with Crippen molar-refractivity contribution < 1.29 is 27.1 Å². The maximum Gasteiger partial charge on any atom is 0.264 e. The van der Waals surface area contributed by atoms with E-state index in [0.717, 1.165) is 12.1 Å². The van der Waals surface area contributed by atoms with E-state index in [1.807, 2.05) is 0 Å². The summed E-state index contributed by atoms with van der Waals surface area (Å²) >= 11 is 0. The van der Waals surface area contributed by atoms with E-state index in [4.69, 9.17) is 9.47 Å². The summed E-state index contributed by atoms with van der Waals surface area (Å²) in [6.07, 6.45) is 0. The van der Waals surface area contributed by atoms with Crippen molar-refractivity contribution in [2.24, 2.45) is 0 Å². The maximum atomic E-state index is 14.2. The lowest BCUT2D eigenvalue weighted by Crippen LogP contribution is -2.19. The predicted molar refractivity (Wildman–Crippen MR) is 90.1 cm³/mol. The zero-order valence-electron chi connectivity index (χ0n) is 13.8. The minimum atomic E-state index is -4.24. The van der Waals surface area contributed by atoms with Crippen LogP contribution >= 0.6 is 0 Å². The molecular weight excluding hydrogens is 351 g/mol. The van der Waals surface area contributed by atoms with Gasteiger partial charge in [-0.3, -0.25) is 9.52 Å². The summed E-state index contributed by atoms with van der Waals surface area (Å²) in [5, 5.41) is 2.43. The highest BCUT2D eigenvalue weighted by atomic mass is 32.2. The second kappa shape index (κ2) is 7.39. The van der Waals surface area contributed by atoms with Gasteiger partial charge in [0.1, 0.15) is 10.7 Å².